The Kier molecular flexibility index (Phi) is 7.75. The molecular formula is C22H31N5OS. The van der Waals surface area contributed by atoms with E-state index in [1.165, 1.54) is 28.6 Å². The molecule has 3 rings (SSSR count). The van der Waals surface area contributed by atoms with Crippen LogP contribution in [-0.4, -0.2) is 54.4 Å². The average molecular weight is 414 g/mol. The van der Waals surface area contributed by atoms with Crippen LogP contribution in [0.25, 0.3) is 0 Å². The first kappa shape index (κ1) is 21.4. The summed E-state index contributed by atoms with van der Waals surface area (Å²) in [5.74, 6) is 1.32. The van der Waals surface area contributed by atoms with Crippen molar-refractivity contribution < 1.29 is 4.79 Å². The topological polar surface area (TPSA) is 61.4 Å². The maximum Gasteiger partial charge on any atom is 0.230 e. The van der Waals surface area contributed by atoms with Gasteiger partial charge in [0.1, 0.15) is 5.03 Å². The van der Waals surface area contributed by atoms with Crippen LogP contribution in [0.4, 0.5) is 11.5 Å². The molecule has 1 aliphatic rings. The van der Waals surface area contributed by atoms with E-state index in [0.717, 1.165) is 56.4 Å². The van der Waals surface area contributed by atoms with Crippen LogP contribution in [-0.2, 0) is 4.79 Å². The molecule has 1 amide bonds. The molecule has 0 radical (unpaired) electrons. The number of rotatable bonds is 8. The third kappa shape index (κ3) is 5.63. The maximum absolute atomic E-state index is 12.0. The standard InChI is InChI=1S/C22H31N5OS/c1-4-5-9-23-20(28)16-29-22-21(24-10-11-25-22)27-14-12-26(13-15-27)19-8-6-7-17(2)18(19)3/h6-8,10-11H,4-5,9,12-16H2,1-3H3,(H,23,28). The van der Waals surface area contributed by atoms with Crippen molar-refractivity contribution in [2.24, 2.45) is 0 Å². The van der Waals surface area contributed by atoms with Crippen LogP contribution in [0.3, 0.4) is 0 Å². The van der Waals surface area contributed by atoms with E-state index in [0.29, 0.717) is 5.75 Å². The average Bonchev–Trinajstić information content (AvgIpc) is 2.75. The first-order valence-corrected chi connectivity index (χ1v) is 11.3. The molecule has 0 aliphatic carbocycles. The van der Waals surface area contributed by atoms with Crippen molar-refractivity contribution in [3.8, 4) is 0 Å². The van der Waals surface area contributed by atoms with E-state index in [9.17, 15) is 4.79 Å². The van der Waals surface area contributed by atoms with Crippen molar-refractivity contribution in [2.75, 3.05) is 48.3 Å². The zero-order chi connectivity index (χ0) is 20.6. The minimum Gasteiger partial charge on any atom is -0.368 e. The number of amides is 1. The molecule has 1 fully saturated rings. The Bertz CT molecular complexity index is 821. The number of aromatic nitrogens is 2. The molecule has 0 saturated carbocycles. The van der Waals surface area contributed by atoms with Crippen LogP contribution in [0.1, 0.15) is 30.9 Å². The van der Waals surface area contributed by atoms with E-state index in [1.807, 2.05) is 0 Å². The summed E-state index contributed by atoms with van der Waals surface area (Å²) in [5, 5.41) is 3.79. The van der Waals surface area contributed by atoms with E-state index < -0.39 is 0 Å². The quantitative estimate of drug-likeness (QED) is 0.528. The third-order valence-electron chi connectivity index (χ3n) is 5.33. The van der Waals surface area contributed by atoms with Crippen molar-refractivity contribution in [3.05, 3.63) is 41.7 Å². The van der Waals surface area contributed by atoms with Gasteiger partial charge in [-0.3, -0.25) is 4.79 Å². The zero-order valence-corrected chi connectivity index (χ0v) is 18.5. The maximum atomic E-state index is 12.0. The molecule has 1 aliphatic heterocycles. The second-order valence-electron chi connectivity index (χ2n) is 7.37. The number of carbonyl (C=O) groups is 1. The van der Waals surface area contributed by atoms with Gasteiger partial charge in [0.05, 0.1) is 5.75 Å². The molecule has 7 heteroatoms. The van der Waals surface area contributed by atoms with Gasteiger partial charge in [-0.2, -0.15) is 0 Å². The highest BCUT2D eigenvalue weighted by molar-refractivity contribution is 8.00. The summed E-state index contributed by atoms with van der Waals surface area (Å²) in [6.45, 7) is 10.9. The van der Waals surface area contributed by atoms with Crippen molar-refractivity contribution in [2.45, 2.75) is 38.6 Å². The summed E-state index contributed by atoms with van der Waals surface area (Å²) in [5.41, 5.74) is 4.00. The summed E-state index contributed by atoms with van der Waals surface area (Å²) in [4.78, 5) is 25.8. The Labute approximate surface area is 178 Å². The fraction of sp³-hybridized carbons (Fsp3) is 0.500. The Balaban J connectivity index is 1.59. The molecule has 29 heavy (non-hydrogen) atoms. The number of unbranched alkanes of at least 4 members (excludes halogenated alkanes) is 1. The minimum absolute atomic E-state index is 0.0554. The van der Waals surface area contributed by atoms with Gasteiger partial charge in [0.15, 0.2) is 5.82 Å². The monoisotopic (exact) mass is 413 g/mol. The lowest BCUT2D eigenvalue weighted by Gasteiger charge is -2.37. The minimum atomic E-state index is 0.0554. The molecule has 0 spiro atoms. The Morgan fingerprint density at radius 1 is 1.10 bits per heavy atom. The van der Waals surface area contributed by atoms with Gasteiger partial charge in [-0.05, 0) is 37.5 Å². The molecule has 1 saturated heterocycles. The van der Waals surface area contributed by atoms with E-state index in [-0.39, 0.29) is 5.91 Å². The van der Waals surface area contributed by atoms with Crippen LogP contribution < -0.4 is 15.1 Å². The molecule has 156 valence electrons. The summed E-state index contributed by atoms with van der Waals surface area (Å²) >= 11 is 1.47. The molecule has 2 aromatic rings. The van der Waals surface area contributed by atoms with Crippen molar-refractivity contribution in [1.82, 2.24) is 15.3 Å². The lowest BCUT2D eigenvalue weighted by Crippen LogP contribution is -2.47. The van der Waals surface area contributed by atoms with Gasteiger partial charge in [-0.25, -0.2) is 9.97 Å². The second kappa shape index (κ2) is 10.5. The molecule has 6 nitrogen and oxygen atoms in total. The SMILES string of the molecule is CCCCNC(=O)CSc1nccnc1N1CCN(c2cccc(C)c2C)CC1. The molecule has 2 heterocycles. The van der Waals surface area contributed by atoms with E-state index in [2.05, 4.69) is 64.1 Å². The number of carbonyl (C=O) groups excluding carboxylic acids is 1. The van der Waals surface area contributed by atoms with Crippen molar-refractivity contribution in [1.29, 1.82) is 0 Å². The highest BCUT2D eigenvalue weighted by Crippen LogP contribution is 2.28. The Morgan fingerprint density at radius 2 is 1.83 bits per heavy atom. The lowest BCUT2D eigenvalue weighted by atomic mass is 10.1. The highest BCUT2D eigenvalue weighted by Gasteiger charge is 2.22. The number of nitrogens with one attached hydrogen (secondary N) is 1. The zero-order valence-electron chi connectivity index (χ0n) is 17.6. The molecule has 1 aromatic carbocycles. The molecule has 0 bridgehead atoms. The number of benzene rings is 1. The predicted molar refractivity (Wildman–Crippen MR) is 121 cm³/mol. The van der Waals surface area contributed by atoms with Gasteiger partial charge in [0, 0.05) is 50.8 Å². The van der Waals surface area contributed by atoms with E-state index in [1.54, 1.807) is 12.4 Å². The number of aryl methyl sites for hydroxylation is 1. The number of anilines is 2. The Hall–Kier alpha value is -2.28. The summed E-state index contributed by atoms with van der Waals surface area (Å²) in [6, 6.07) is 6.50. The van der Waals surface area contributed by atoms with Crippen molar-refractivity contribution in [3.63, 3.8) is 0 Å². The largest absolute Gasteiger partial charge is 0.368 e. The van der Waals surface area contributed by atoms with Crippen LogP contribution in [0.2, 0.25) is 0 Å². The molecule has 1 aromatic heterocycles. The van der Waals surface area contributed by atoms with Gasteiger partial charge >= 0.3 is 0 Å². The smallest absolute Gasteiger partial charge is 0.230 e. The highest BCUT2D eigenvalue weighted by atomic mass is 32.2. The molecule has 0 unspecified atom stereocenters. The number of thioether (sulfide) groups is 1. The van der Waals surface area contributed by atoms with Crippen molar-refractivity contribution >= 4 is 29.2 Å². The van der Waals surface area contributed by atoms with E-state index >= 15 is 0 Å². The summed E-state index contributed by atoms with van der Waals surface area (Å²) in [7, 11) is 0. The molecule has 1 N–H and O–H groups in total. The van der Waals surface area contributed by atoms with Crippen LogP contribution in [0.15, 0.2) is 35.6 Å². The summed E-state index contributed by atoms with van der Waals surface area (Å²) in [6.07, 6.45) is 5.53. The van der Waals surface area contributed by atoms with Gasteiger partial charge in [0.25, 0.3) is 0 Å². The van der Waals surface area contributed by atoms with Crippen LogP contribution in [0, 0.1) is 13.8 Å². The Morgan fingerprint density at radius 3 is 2.59 bits per heavy atom. The number of piperazine rings is 1. The normalized spacial score (nSPS) is 14.2. The fourth-order valence-corrected chi connectivity index (χ4v) is 4.28. The number of hydrogen-bond acceptors (Lipinski definition) is 6. The van der Waals surface area contributed by atoms with E-state index in [4.69, 9.17) is 0 Å². The van der Waals surface area contributed by atoms with Gasteiger partial charge in [0.2, 0.25) is 5.91 Å². The van der Waals surface area contributed by atoms with Gasteiger partial charge in [-0.1, -0.05) is 37.2 Å². The van der Waals surface area contributed by atoms with Gasteiger partial charge in [-0.15, -0.1) is 0 Å². The van der Waals surface area contributed by atoms with Crippen LogP contribution >= 0.6 is 11.8 Å². The third-order valence-corrected chi connectivity index (χ3v) is 6.30. The number of nitrogens with zero attached hydrogens (tertiary/aromatic N) is 4. The van der Waals surface area contributed by atoms with Gasteiger partial charge < -0.3 is 15.1 Å². The number of hydrogen-bond donors (Lipinski definition) is 1. The lowest BCUT2D eigenvalue weighted by molar-refractivity contribution is -0.118. The molecule has 0 atom stereocenters. The fourth-order valence-electron chi connectivity index (χ4n) is 3.46. The van der Waals surface area contributed by atoms with Crippen LogP contribution in [0.5, 0.6) is 0 Å². The predicted octanol–water partition coefficient (Wildman–Crippen LogP) is 3.43. The first-order valence-electron chi connectivity index (χ1n) is 10.4. The second-order valence-corrected chi connectivity index (χ2v) is 8.33. The molecular weight excluding hydrogens is 382 g/mol. The first-order chi connectivity index (χ1) is 14.1. The summed E-state index contributed by atoms with van der Waals surface area (Å²) < 4.78 is 0.